The van der Waals surface area contributed by atoms with Crippen molar-refractivity contribution in [1.82, 2.24) is 0 Å². The Balaban J connectivity index is 2.22. The molecule has 0 N–H and O–H groups in total. The molecule has 2 aromatic rings. The van der Waals surface area contributed by atoms with Crippen LogP contribution in [0.3, 0.4) is 0 Å². The maximum absolute atomic E-state index is 12.8. The van der Waals surface area contributed by atoms with E-state index in [4.69, 9.17) is 11.6 Å². The van der Waals surface area contributed by atoms with Crippen LogP contribution in [0.5, 0.6) is 0 Å². The molecule has 0 aliphatic carbocycles. The molecule has 7 heteroatoms. The highest BCUT2D eigenvalue weighted by molar-refractivity contribution is 7.17. The number of nitro groups is 1. The lowest BCUT2D eigenvalue weighted by Crippen LogP contribution is -2.05. The van der Waals surface area contributed by atoms with Gasteiger partial charge in [-0.15, -0.1) is 11.6 Å². The van der Waals surface area contributed by atoms with Crippen molar-refractivity contribution in [3.05, 3.63) is 62.8 Å². The van der Waals surface area contributed by atoms with Crippen LogP contribution in [-0.2, 0) is 0 Å². The first-order chi connectivity index (χ1) is 8.99. The van der Waals surface area contributed by atoms with E-state index in [9.17, 15) is 19.3 Å². The largest absolute Gasteiger partial charge is 0.324 e. The van der Waals surface area contributed by atoms with Crippen LogP contribution in [0, 0.1) is 15.9 Å². The van der Waals surface area contributed by atoms with Gasteiger partial charge in [0.1, 0.15) is 11.2 Å². The Morgan fingerprint density at radius 2 is 1.89 bits per heavy atom. The average molecular weight is 300 g/mol. The van der Waals surface area contributed by atoms with Crippen LogP contribution in [0.2, 0.25) is 0 Å². The number of ketones is 1. The quantitative estimate of drug-likeness (QED) is 0.371. The smallest absolute Gasteiger partial charge is 0.291 e. The molecule has 0 saturated carbocycles. The molecule has 4 nitrogen and oxygen atoms in total. The Morgan fingerprint density at radius 1 is 1.26 bits per heavy atom. The molecule has 0 aliphatic heterocycles. The van der Waals surface area contributed by atoms with Crippen LogP contribution in [0.4, 0.5) is 9.39 Å². The fourth-order valence-electron chi connectivity index (χ4n) is 1.47. The summed E-state index contributed by atoms with van der Waals surface area (Å²) in [5.41, 5.74) is 0.448. The molecule has 1 atom stereocenters. The normalized spacial score (nSPS) is 12.1. The van der Waals surface area contributed by atoms with E-state index in [0.29, 0.717) is 5.56 Å². The summed E-state index contributed by atoms with van der Waals surface area (Å²) in [7, 11) is 0. The van der Waals surface area contributed by atoms with E-state index in [1.807, 2.05) is 0 Å². The highest BCUT2D eigenvalue weighted by Crippen LogP contribution is 2.31. The van der Waals surface area contributed by atoms with Gasteiger partial charge in [-0.05, 0) is 23.8 Å². The predicted octanol–water partition coefficient (Wildman–Crippen LogP) is 3.96. The van der Waals surface area contributed by atoms with E-state index < -0.39 is 21.9 Å². The summed E-state index contributed by atoms with van der Waals surface area (Å²) in [6.07, 6.45) is 0. The summed E-state index contributed by atoms with van der Waals surface area (Å²) in [5.74, 6) is -0.863. The number of thiophene rings is 1. The third-order valence-electron chi connectivity index (χ3n) is 2.41. The van der Waals surface area contributed by atoms with Crippen LogP contribution in [0.1, 0.15) is 20.6 Å². The molecular formula is C12H7ClFNO3S. The van der Waals surface area contributed by atoms with Crippen molar-refractivity contribution in [2.45, 2.75) is 5.38 Å². The van der Waals surface area contributed by atoms with Crippen molar-refractivity contribution in [2.75, 3.05) is 0 Å². The molecule has 0 bridgehead atoms. The van der Waals surface area contributed by atoms with Crippen molar-refractivity contribution >= 4 is 33.7 Å². The van der Waals surface area contributed by atoms with Crippen LogP contribution in [0.25, 0.3) is 0 Å². The lowest BCUT2D eigenvalue weighted by molar-refractivity contribution is -0.380. The van der Waals surface area contributed by atoms with Gasteiger partial charge < -0.3 is 0 Å². The first-order valence-electron chi connectivity index (χ1n) is 5.17. The number of carbonyl (C=O) groups excluding carboxylic acids is 1. The van der Waals surface area contributed by atoms with Crippen molar-refractivity contribution in [3.63, 3.8) is 0 Å². The molecule has 98 valence electrons. The molecule has 0 amide bonds. The zero-order valence-electron chi connectivity index (χ0n) is 9.38. The van der Waals surface area contributed by atoms with Gasteiger partial charge in [-0.1, -0.05) is 23.5 Å². The van der Waals surface area contributed by atoms with Gasteiger partial charge in [0.15, 0.2) is 5.78 Å². The van der Waals surface area contributed by atoms with Gasteiger partial charge in [0.2, 0.25) is 0 Å². The van der Waals surface area contributed by atoms with E-state index in [-0.39, 0.29) is 9.88 Å². The molecule has 1 aromatic heterocycles. The number of hydrogen-bond donors (Lipinski definition) is 0. The molecule has 0 fully saturated rings. The maximum atomic E-state index is 12.8. The maximum Gasteiger partial charge on any atom is 0.324 e. The fourth-order valence-corrected chi connectivity index (χ4v) is 2.58. The highest BCUT2D eigenvalue weighted by atomic mass is 35.5. The van der Waals surface area contributed by atoms with Crippen LogP contribution in [0.15, 0.2) is 36.4 Å². The van der Waals surface area contributed by atoms with E-state index in [1.165, 1.54) is 36.4 Å². The van der Waals surface area contributed by atoms with Gasteiger partial charge in [-0.2, -0.15) is 0 Å². The number of benzene rings is 1. The Bertz CT molecular complexity index is 626. The minimum Gasteiger partial charge on any atom is -0.291 e. The molecule has 1 heterocycles. The Kier molecular flexibility index (Phi) is 3.92. The van der Waals surface area contributed by atoms with Crippen molar-refractivity contribution < 1.29 is 14.1 Å². The topological polar surface area (TPSA) is 60.2 Å². The molecule has 1 aromatic carbocycles. The first kappa shape index (κ1) is 13.6. The Morgan fingerprint density at radius 3 is 2.42 bits per heavy atom. The van der Waals surface area contributed by atoms with Crippen molar-refractivity contribution in [3.8, 4) is 0 Å². The van der Waals surface area contributed by atoms with Crippen LogP contribution in [-0.4, -0.2) is 10.7 Å². The summed E-state index contributed by atoms with van der Waals surface area (Å²) in [4.78, 5) is 22.2. The van der Waals surface area contributed by atoms with E-state index in [2.05, 4.69) is 0 Å². The lowest BCUT2D eigenvalue weighted by atomic mass is 10.1. The minimum absolute atomic E-state index is 0.119. The predicted molar refractivity (Wildman–Crippen MR) is 70.3 cm³/mol. The van der Waals surface area contributed by atoms with Gasteiger partial charge in [0, 0.05) is 6.07 Å². The zero-order valence-corrected chi connectivity index (χ0v) is 11.0. The summed E-state index contributed by atoms with van der Waals surface area (Å²) >= 11 is 6.77. The second kappa shape index (κ2) is 5.46. The first-order valence-corrected chi connectivity index (χ1v) is 6.42. The van der Waals surface area contributed by atoms with Gasteiger partial charge >= 0.3 is 5.00 Å². The van der Waals surface area contributed by atoms with Gasteiger partial charge in [0.05, 0.1) is 9.80 Å². The second-order valence-electron chi connectivity index (χ2n) is 3.67. The number of carbonyl (C=O) groups is 1. The summed E-state index contributed by atoms with van der Waals surface area (Å²) in [5, 5.41) is 9.44. The minimum atomic E-state index is -0.987. The van der Waals surface area contributed by atoms with Crippen molar-refractivity contribution in [1.29, 1.82) is 0 Å². The Hall–Kier alpha value is -1.79. The molecule has 0 saturated heterocycles. The molecule has 19 heavy (non-hydrogen) atoms. The Labute approximate surface area is 116 Å². The van der Waals surface area contributed by atoms with Crippen molar-refractivity contribution in [2.24, 2.45) is 0 Å². The third kappa shape index (κ3) is 2.97. The SMILES string of the molecule is O=C(c1ccc([N+](=O)[O-])s1)C(Cl)c1ccc(F)cc1. The number of Topliss-reactive ketones (excluding diaryl/α,β-unsaturated/α-hetero) is 1. The number of halogens is 2. The van der Waals surface area contributed by atoms with E-state index >= 15 is 0 Å². The van der Waals surface area contributed by atoms with E-state index in [0.717, 1.165) is 11.3 Å². The van der Waals surface area contributed by atoms with Crippen LogP contribution < -0.4 is 0 Å². The average Bonchev–Trinajstić information content (AvgIpc) is 2.87. The number of nitrogens with zero attached hydrogens (tertiary/aromatic N) is 1. The standard InChI is InChI=1S/C12H7ClFNO3S/c13-11(7-1-3-8(14)4-2-7)12(16)9-5-6-10(19-9)15(17)18/h1-6,11H. The zero-order chi connectivity index (χ0) is 14.0. The van der Waals surface area contributed by atoms with E-state index in [1.54, 1.807) is 0 Å². The monoisotopic (exact) mass is 299 g/mol. The highest BCUT2D eigenvalue weighted by Gasteiger charge is 2.23. The molecule has 2 rings (SSSR count). The third-order valence-corrected chi connectivity index (χ3v) is 3.91. The number of hydrogen-bond acceptors (Lipinski definition) is 4. The van der Waals surface area contributed by atoms with Gasteiger partial charge in [-0.25, -0.2) is 4.39 Å². The molecular weight excluding hydrogens is 293 g/mol. The summed E-state index contributed by atoms with van der Waals surface area (Å²) in [6.45, 7) is 0. The number of alkyl halides is 1. The molecule has 0 radical (unpaired) electrons. The molecule has 0 spiro atoms. The molecule has 1 unspecified atom stereocenters. The van der Waals surface area contributed by atoms with Gasteiger partial charge in [0.25, 0.3) is 0 Å². The number of rotatable bonds is 4. The fraction of sp³-hybridized carbons (Fsp3) is 0.0833. The van der Waals surface area contributed by atoms with Gasteiger partial charge in [-0.3, -0.25) is 14.9 Å². The van der Waals surface area contributed by atoms with Crippen LogP contribution >= 0.6 is 22.9 Å². The second-order valence-corrected chi connectivity index (χ2v) is 5.17. The molecule has 0 aliphatic rings. The summed E-state index contributed by atoms with van der Waals surface area (Å²) in [6, 6.07) is 7.85. The lowest BCUT2D eigenvalue weighted by Gasteiger charge is -2.06. The summed E-state index contributed by atoms with van der Waals surface area (Å²) < 4.78 is 12.8.